The molecule has 12 aromatic rings. The third-order valence-electron chi connectivity index (χ3n) is 12.7. The van der Waals surface area contributed by atoms with E-state index in [9.17, 15) is 5.48 Å². The minimum atomic E-state index is -0.126. The van der Waals surface area contributed by atoms with Crippen molar-refractivity contribution in [2.45, 2.75) is 0 Å². The molecule has 0 aliphatic heterocycles. The van der Waals surface area contributed by atoms with Crippen molar-refractivity contribution >= 4 is 60.2 Å². The summed E-state index contributed by atoms with van der Waals surface area (Å²) in [6, 6.07) is 80.9. The number of hydrogen-bond donors (Lipinski definition) is 0. The van der Waals surface area contributed by atoms with Crippen molar-refractivity contribution < 1.29 is 5.48 Å². The second-order valence-electron chi connectivity index (χ2n) is 16.6. The monoisotopic (exact) mass is 829 g/mol. The first kappa shape index (κ1) is 34.0. The van der Waals surface area contributed by atoms with Gasteiger partial charge in [0.25, 0.3) is 0 Å². The van der Waals surface area contributed by atoms with Crippen LogP contribution in [0.1, 0.15) is 5.48 Å². The Labute approximate surface area is 385 Å². The lowest BCUT2D eigenvalue weighted by atomic mass is 9.89. The van der Waals surface area contributed by atoms with Crippen LogP contribution in [-0.4, -0.2) is 0 Å². The molecule has 65 heavy (non-hydrogen) atoms. The maximum atomic E-state index is 9.71. The molecule has 0 heterocycles. The van der Waals surface area contributed by atoms with Gasteiger partial charge in [-0.3, -0.25) is 0 Å². The fourth-order valence-corrected chi connectivity index (χ4v) is 9.47. The van der Waals surface area contributed by atoms with Gasteiger partial charge in [-0.1, -0.05) is 212 Å². The Morgan fingerprint density at radius 1 is 0.246 bits per heavy atom. The van der Waals surface area contributed by atoms with E-state index in [-0.39, 0.29) is 35.4 Å². The molecule has 0 N–H and O–H groups in total. The first-order valence-corrected chi connectivity index (χ1v) is 22.1. The van der Waals surface area contributed by atoms with E-state index in [4.69, 9.17) is 0 Å². The molecular formula is C64H43N. The van der Waals surface area contributed by atoms with Crippen LogP contribution in [0.5, 0.6) is 0 Å². The molecule has 12 rings (SSSR count). The molecule has 0 saturated carbocycles. The van der Waals surface area contributed by atoms with Crippen LogP contribution >= 0.6 is 0 Å². The summed E-state index contributed by atoms with van der Waals surface area (Å²) in [5, 5.41) is 9.30. The van der Waals surface area contributed by atoms with Crippen molar-refractivity contribution in [3.63, 3.8) is 0 Å². The van der Waals surface area contributed by atoms with E-state index >= 15 is 0 Å². The van der Waals surface area contributed by atoms with Crippen LogP contribution in [0.25, 0.3) is 98.7 Å². The van der Waals surface area contributed by atoms with Gasteiger partial charge in [-0.05, 0) is 147 Å². The topological polar surface area (TPSA) is 3.24 Å². The van der Waals surface area contributed by atoms with Gasteiger partial charge >= 0.3 is 0 Å². The third kappa shape index (κ3) is 7.10. The first-order chi connectivity index (χ1) is 33.9. The molecule has 12 aromatic carbocycles. The molecule has 0 aromatic heterocycles. The standard InChI is InChI=1S/C64H43N/c1-2-13-48(14-3-1)60-41-34-49-15-6-9-19-59(49)64(60)51-32-39-57(40-33-51)65(56-37-30-50(31-38-56)63-43-54-17-7-8-18-58(54)61-20-10-11-21-62(61)63)55-35-28-46(29-36-55)45-22-24-47(25-23-45)53-27-26-44-12-4-5-16-52(44)42-53/h1-43H/i28D,29D,35D,36D. The average molecular weight is 830 g/mol. The molecule has 0 aliphatic carbocycles. The van der Waals surface area contributed by atoms with Gasteiger partial charge in [-0.2, -0.15) is 0 Å². The van der Waals surface area contributed by atoms with E-state index in [0.29, 0.717) is 16.9 Å². The highest BCUT2D eigenvalue weighted by molar-refractivity contribution is 6.14. The average Bonchev–Trinajstić information content (AvgIpc) is 3.41. The number of hydrogen-bond acceptors (Lipinski definition) is 1. The van der Waals surface area contributed by atoms with Crippen molar-refractivity contribution in [3.05, 3.63) is 261 Å². The minimum Gasteiger partial charge on any atom is -0.311 e. The predicted octanol–water partition coefficient (Wildman–Crippen LogP) is 18.1. The summed E-state index contributed by atoms with van der Waals surface area (Å²) >= 11 is 0. The van der Waals surface area contributed by atoms with Crippen LogP contribution in [0.15, 0.2) is 261 Å². The lowest BCUT2D eigenvalue weighted by Gasteiger charge is -2.26. The van der Waals surface area contributed by atoms with Crippen molar-refractivity contribution in [2.24, 2.45) is 0 Å². The Balaban J connectivity index is 0.993. The SMILES string of the molecule is [2H]c1c([2H])c(N(c2ccc(-c3c(-c4ccccc4)ccc4ccccc34)cc2)c2ccc(-c3cc4ccccc4c4ccccc34)cc2)c([2H])c([2H])c1-c1ccc(-c2ccc3ccccc3c2)cc1. The number of fused-ring (bicyclic) bond motifs is 5. The quantitative estimate of drug-likeness (QED) is 0.138. The highest BCUT2D eigenvalue weighted by Gasteiger charge is 2.17. The summed E-state index contributed by atoms with van der Waals surface area (Å²) in [5.41, 5.74) is 11.1. The molecular weight excluding hydrogens is 783 g/mol. The Kier molecular flexibility index (Phi) is 8.54. The van der Waals surface area contributed by atoms with E-state index in [1.807, 2.05) is 71.6 Å². The molecule has 0 radical (unpaired) electrons. The summed E-state index contributed by atoms with van der Waals surface area (Å²) in [7, 11) is 0. The second-order valence-corrected chi connectivity index (χ2v) is 16.6. The van der Waals surface area contributed by atoms with Crippen molar-refractivity contribution in [1.82, 2.24) is 0 Å². The van der Waals surface area contributed by atoms with Gasteiger partial charge in [0.2, 0.25) is 0 Å². The van der Waals surface area contributed by atoms with Crippen LogP contribution in [0.2, 0.25) is 0 Å². The van der Waals surface area contributed by atoms with Crippen molar-refractivity contribution in [1.29, 1.82) is 0 Å². The second kappa shape index (κ2) is 16.3. The molecule has 0 aliphatic rings. The van der Waals surface area contributed by atoms with Crippen LogP contribution < -0.4 is 4.90 Å². The van der Waals surface area contributed by atoms with Gasteiger partial charge in [0.15, 0.2) is 0 Å². The van der Waals surface area contributed by atoms with Gasteiger partial charge in [-0.25, -0.2) is 0 Å². The lowest BCUT2D eigenvalue weighted by Crippen LogP contribution is -2.09. The summed E-state index contributed by atoms with van der Waals surface area (Å²) in [6.45, 7) is 0. The zero-order valence-corrected chi connectivity index (χ0v) is 35.5. The molecule has 0 unspecified atom stereocenters. The van der Waals surface area contributed by atoms with Crippen molar-refractivity contribution in [2.75, 3.05) is 4.90 Å². The van der Waals surface area contributed by atoms with Gasteiger partial charge in [0, 0.05) is 17.1 Å². The zero-order valence-electron chi connectivity index (χ0n) is 39.5. The summed E-state index contributed by atoms with van der Waals surface area (Å²) in [5.74, 6) is 0. The smallest absolute Gasteiger partial charge is 0.0645 e. The number of nitrogens with zero attached hydrogens (tertiary/aromatic N) is 1. The molecule has 0 atom stereocenters. The van der Waals surface area contributed by atoms with E-state index in [1.165, 1.54) is 16.2 Å². The van der Waals surface area contributed by atoms with Crippen LogP contribution in [0, 0.1) is 0 Å². The highest BCUT2D eigenvalue weighted by atomic mass is 15.1. The lowest BCUT2D eigenvalue weighted by molar-refractivity contribution is 1.28. The van der Waals surface area contributed by atoms with Gasteiger partial charge in [0.1, 0.15) is 0 Å². The molecule has 0 amide bonds. The fourth-order valence-electron chi connectivity index (χ4n) is 9.47. The van der Waals surface area contributed by atoms with Crippen LogP contribution in [0.3, 0.4) is 0 Å². The van der Waals surface area contributed by atoms with E-state index in [0.717, 1.165) is 71.4 Å². The normalized spacial score (nSPS) is 12.2. The molecule has 0 bridgehead atoms. The zero-order chi connectivity index (χ0) is 46.6. The van der Waals surface area contributed by atoms with E-state index in [1.54, 1.807) is 0 Å². The van der Waals surface area contributed by atoms with E-state index < -0.39 is 0 Å². The molecule has 1 heteroatoms. The highest BCUT2D eigenvalue weighted by Crippen LogP contribution is 2.43. The number of rotatable bonds is 8. The summed E-state index contributed by atoms with van der Waals surface area (Å²) < 4.78 is 38.5. The summed E-state index contributed by atoms with van der Waals surface area (Å²) in [4.78, 5) is 1.88. The molecule has 304 valence electrons. The molecule has 0 fully saturated rings. The van der Waals surface area contributed by atoms with Gasteiger partial charge < -0.3 is 4.90 Å². The van der Waals surface area contributed by atoms with Gasteiger partial charge in [-0.15, -0.1) is 0 Å². The molecule has 1 nitrogen and oxygen atoms in total. The van der Waals surface area contributed by atoms with Crippen LogP contribution in [-0.2, 0) is 0 Å². The Morgan fingerprint density at radius 3 is 1.45 bits per heavy atom. The fraction of sp³-hybridized carbons (Fsp3) is 0. The number of anilines is 3. The van der Waals surface area contributed by atoms with E-state index in [2.05, 4.69) is 170 Å². The minimum absolute atomic E-state index is 0.103. The Bertz CT molecular complexity index is 3890. The molecule has 0 spiro atoms. The van der Waals surface area contributed by atoms with Crippen molar-refractivity contribution in [3.8, 4) is 55.6 Å². The van der Waals surface area contributed by atoms with Crippen LogP contribution in [0.4, 0.5) is 17.1 Å². The maximum absolute atomic E-state index is 9.71. The summed E-state index contributed by atoms with van der Waals surface area (Å²) in [6.07, 6.45) is 0. The van der Waals surface area contributed by atoms with Gasteiger partial charge in [0.05, 0.1) is 5.48 Å². The molecule has 0 saturated heterocycles. The predicted molar refractivity (Wildman–Crippen MR) is 278 cm³/mol. The largest absolute Gasteiger partial charge is 0.311 e. The maximum Gasteiger partial charge on any atom is 0.0645 e. The third-order valence-corrected chi connectivity index (χ3v) is 12.7. The first-order valence-electron chi connectivity index (χ1n) is 24.1. The number of benzene rings is 12. The Hall–Kier alpha value is -8.52. The Morgan fingerprint density at radius 2 is 0.738 bits per heavy atom.